The predicted molar refractivity (Wildman–Crippen MR) is 71.5 cm³/mol. The quantitative estimate of drug-likeness (QED) is 0.683. The molecule has 2 aromatic carbocycles. The summed E-state index contributed by atoms with van der Waals surface area (Å²) in [6.45, 7) is 1.63. The lowest BCUT2D eigenvalue weighted by Crippen LogP contribution is -2.05. The topological polar surface area (TPSA) is 55.2 Å². The number of hydrogen-bond acceptors (Lipinski definition) is 3. The second-order valence-corrected chi connectivity index (χ2v) is 4.33. The molecule has 104 valence electrons. The van der Waals surface area contributed by atoms with E-state index < -0.39 is 16.6 Å². The maximum Gasteiger partial charge on any atom is 0.269 e. The minimum absolute atomic E-state index is 0.0607. The molecule has 0 atom stereocenters. The van der Waals surface area contributed by atoms with Gasteiger partial charge in [-0.15, -0.1) is 0 Å². The average Bonchev–Trinajstić information content (AvgIpc) is 2.43. The Bertz CT molecular complexity index is 660. The Morgan fingerprint density at radius 1 is 1.25 bits per heavy atom. The summed E-state index contributed by atoms with van der Waals surface area (Å²) < 4.78 is 27.3. The Morgan fingerprint density at radius 2 is 2.00 bits per heavy atom. The van der Waals surface area contributed by atoms with Crippen molar-refractivity contribution in [3.8, 4) is 0 Å². The standard InChI is InChI=1S/C14H12F2N2O2/c1-9-5-6-12(15)14(13(9)16)17-8-10-3-2-4-11(7-10)18(19)20/h2-7,17H,8H2,1H3. The van der Waals surface area contributed by atoms with Gasteiger partial charge in [0, 0.05) is 18.7 Å². The Labute approximate surface area is 114 Å². The van der Waals surface area contributed by atoms with Crippen LogP contribution in [0.5, 0.6) is 0 Å². The highest BCUT2D eigenvalue weighted by atomic mass is 19.1. The van der Waals surface area contributed by atoms with E-state index in [1.807, 2.05) is 0 Å². The lowest BCUT2D eigenvalue weighted by Gasteiger charge is -2.10. The van der Waals surface area contributed by atoms with E-state index in [4.69, 9.17) is 0 Å². The van der Waals surface area contributed by atoms with E-state index >= 15 is 0 Å². The molecule has 0 saturated carbocycles. The average molecular weight is 278 g/mol. The monoisotopic (exact) mass is 278 g/mol. The number of non-ortho nitro benzene ring substituents is 1. The maximum atomic E-state index is 13.8. The molecular formula is C14H12F2N2O2. The smallest absolute Gasteiger partial charge is 0.269 e. The highest BCUT2D eigenvalue weighted by Gasteiger charge is 2.11. The van der Waals surface area contributed by atoms with Crippen LogP contribution in [-0.4, -0.2) is 4.92 Å². The number of nitro groups is 1. The lowest BCUT2D eigenvalue weighted by molar-refractivity contribution is -0.384. The van der Waals surface area contributed by atoms with Crippen molar-refractivity contribution in [3.63, 3.8) is 0 Å². The molecule has 0 amide bonds. The third-order valence-corrected chi connectivity index (χ3v) is 2.87. The third-order valence-electron chi connectivity index (χ3n) is 2.87. The number of hydrogen-bond donors (Lipinski definition) is 1. The lowest BCUT2D eigenvalue weighted by atomic mass is 10.1. The molecule has 0 fully saturated rings. The van der Waals surface area contributed by atoms with Crippen LogP contribution in [0.25, 0.3) is 0 Å². The molecule has 0 unspecified atom stereocenters. The number of aryl methyl sites for hydroxylation is 1. The van der Waals surface area contributed by atoms with Gasteiger partial charge in [-0.05, 0) is 24.1 Å². The van der Waals surface area contributed by atoms with Crippen molar-refractivity contribution in [1.82, 2.24) is 0 Å². The largest absolute Gasteiger partial charge is 0.376 e. The zero-order chi connectivity index (χ0) is 14.7. The van der Waals surface area contributed by atoms with Crippen molar-refractivity contribution < 1.29 is 13.7 Å². The number of rotatable bonds is 4. The molecule has 0 saturated heterocycles. The molecule has 1 N–H and O–H groups in total. The van der Waals surface area contributed by atoms with E-state index in [9.17, 15) is 18.9 Å². The van der Waals surface area contributed by atoms with E-state index in [0.717, 1.165) is 0 Å². The number of anilines is 1. The van der Waals surface area contributed by atoms with Gasteiger partial charge in [-0.1, -0.05) is 18.2 Å². The molecule has 0 radical (unpaired) electrons. The van der Waals surface area contributed by atoms with Gasteiger partial charge in [0.05, 0.1) is 4.92 Å². The van der Waals surface area contributed by atoms with Crippen LogP contribution in [0.3, 0.4) is 0 Å². The summed E-state index contributed by atoms with van der Waals surface area (Å²) in [6.07, 6.45) is 0. The van der Waals surface area contributed by atoms with E-state index in [0.29, 0.717) is 11.1 Å². The van der Waals surface area contributed by atoms with E-state index in [1.165, 1.54) is 37.3 Å². The van der Waals surface area contributed by atoms with Gasteiger partial charge >= 0.3 is 0 Å². The highest BCUT2D eigenvalue weighted by molar-refractivity contribution is 5.49. The molecular weight excluding hydrogens is 266 g/mol. The maximum absolute atomic E-state index is 13.8. The fraction of sp³-hybridized carbons (Fsp3) is 0.143. The summed E-state index contributed by atoms with van der Waals surface area (Å²) in [5.41, 5.74) is 0.610. The molecule has 0 bridgehead atoms. The Kier molecular flexibility index (Phi) is 3.93. The van der Waals surface area contributed by atoms with Gasteiger partial charge in [0.15, 0.2) is 5.82 Å². The summed E-state index contributed by atoms with van der Waals surface area (Å²) in [5.74, 6) is -1.35. The fourth-order valence-corrected chi connectivity index (χ4v) is 1.79. The van der Waals surface area contributed by atoms with Gasteiger partial charge in [0.1, 0.15) is 11.5 Å². The van der Waals surface area contributed by atoms with Crippen LogP contribution in [0.15, 0.2) is 36.4 Å². The zero-order valence-electron chi connectivity index (χ0n) is 10.7. The minimum Gasteiger partial charge on any atom is -0.376 e. The zero-order valence-corrected chi connectivity index (χ0v) is 10.7. The minimum atomic E-state index is -0.696. The molecule has 0 aliphatic heterocycles. The van der Waals surface area contributed by atoms with Crippen LogP contribution in [0, 0.1) is 28.7 Å². The number of benzene rings is 2. The van der Waals surface area contributed by atoms with Crippen molar-refractivity contribution in [2.24, 2.45) is 0 Å². The van der Waals surface area contributed by atoms with Gasteiger partial charge in [-0.2, -0.15) is 0 Å². The second kappa shape index (κ2) is 5.64. The summed E-state index contributed by atoms with van der Waals surface area (Å²) in [7, 11) is 0. The van der Waals surface area contributed by atoms with Crippen LogP contribution in [0.1, 0.15) is 11.1 Å². The van der Waals surface area contributed by atoms with E-state index in [-0.39, 0.29) is 17.9 Å². The first-order valence-corrected chi connectivity index (χ1v) is 5.91. The number of halogens is 2. The molecule has 0 aliphatic rings. The number of nitrogens with one attached hydrogen (secondary N) is 1. The van der Waals surface area contributed by atoms with Crippen molar-refractivity contribution in [2.75, 3.05) is 5.32 Å². The summed E-state index contributed by atoms with van der Waals surface area (Å²) in [5, 5.41) is 13.3. The van der Waals surface area contributed by atoms with Crippen molar-refractivity contribution in [3.05, 3.63) is 69.3 Å². The molecule has 20 heavy (non-hydrogen) atoms. The van der Waals surface area contributed by atoms with Gasteiger partial charge in [0.2, 0.25) is 0 Å². The van der Waals surface area contributed by atoms with Crippen LogP contribution in [0.2, 0.25) is 0 Å². The van der Waals surface area contributed by atoms with E-state index in [2.05, 4.69) is 5.32 Å². The van der Waals surface area contributed by atoms with Crippen LogP contribution >= 0.6 is 0 Å². The second-order valence-electron chi connectivity index (χ2n) is 4.33. The molecule has 0 aromatic heterocycles. The molecule has 0 spiro atoms. The van der Waals surface area contributed by atoms with Crippen molar-refractivity contribution in [2.45, 2.75) is 13.5 Å². The van der Waals surface area contributed by atoms with Crippen molar-refractivity contribution >= 4 is 11.4 Å². The predicted octanol–water partition coefficient (Wildman–Crippen LogP) is 3.79. The SMILES string of the molecule is Cc1ccc(F)c(NCc2cccc([N+](=O)[O-])c2)c1F. The highest BCUT2D eigenvalue weighted by Crippen LogP contribution is 2.22. The third kappa shape index (κ3) is 2.90. The summed E-state index contributed by atoms with van der Waals surface area (Å²) >= 11 is 0. The molecule has 2 aromatic rings. The first kappa shape index (κ1) is 13.9. The first-order chi connectivity index (χ1) is 9.49. The van der Waals surface area contributed by atoms with Crippen molar-refractivity contribution in [1.29, 1.82) is 0 Å². The van der Waals surface area contributed by atoms with Gasteiger partial charge in [-0.3, -0.25) is 10.1 Å². The van der Waals surface area contributed by atoms with Crippen LogP contribution < -0.4 is 5.32 Å². The summed E-state index contributed by atoms with van der Waals surface area (Å²) in [4.78, 5) is 10.1. The number of nitrogens with zero attached hydrogens (tertiary/aromatic N) is 1. The number of nitro benzene ring substituents is 1. The van der Waals surface area contributed by atoms with Crippen LogP contribution in [0.4, 0.5) is 20.2 Å². The Morgan fingerprint density at radius 3 is 2.70 bits per heavy atom. The summed E-state index contributed by atoms with van der Waals surface area (Å²) in [6, 6.07) is 8.41. The molecule has 2 rings (SSSR count). The van der Waals surface area contributed by atoms with Gasteiger partial charge < -0.3 is 5.32 Å². The molecule has 6 heteroatoms. The fourth-order valence-electron chi connectivity index (χ4n) is 1.79. The Balaban J connectivity index is 2.19. The van der Waals surface area contributed by atoms with Gasteiger partial charge in [-0.25, -0.2) is 8.78 Å². The van der Waals surface area contributed by atoms with E-state index in [1.54, 1.807) is 6.07 Å². The normalized spacial score (nSPS) is 10.3. The van der Waals surface area contributed by atoms with Crippen LogP contribution in [-0.2, 0) is 6.54 Å². The molecule has 4 nitrogen and oxygen atoms in total. The van der Waals surface area contributed by atoms with Gasteiger partial charge in [0.25, 0.3) is 5.69 Å². The Hall–Kier alpha value is -2.50. The molecule has 0 aliphatic carbocycles. The first-order valence-electron chi connectivity index (χ1n) is 5.91. The molecule has 0 heterocycles.